The summed E-state index contributed by atoms with van der Waals surface area (Å²) >= 11 is 1.54. The molecular formula is C12H19N5OS. The number of rotatable bonds is 5. The van der Waals surface area contributed by atoms with E-state index < -0.39 is 5.60 Å². The van der Waals surface area contributed by atoms with Gasteiger partial charge in [0, 0.05) is 13.1 Å². The average molecular weight is 281 g/mol. The predicted molar refractivity (Wildman–Crippen MR) is 79.4 cm³/mol. The first-order valence-corrected chi connectivity index (χ1v) is 7.01. The quantitative estimate of drug-likeness (QED) is 0.569. The highest BCUT2D eigenvalue weighted by molar-refractivity contribution is 7.16. The molecule has 0 atom stereocenters. The van der Waals surface area contributed by atoms with E-state index >= 15 is 0 Å². The summed E-state index contributed by atoms with van der Waals surface area (Å²) in [7, 11) is 0. The van der Waals surface area contributed by atoms with Crippen LogP contribution in [-0.4, -0.2) is 33.8 Å². The summed E-state index contributed by atoms with van der Waals surface area (Å²) in [6, 6.07) is 1.99. The number of nitrogen functional groups attached to an aromatic ring is 1. The number of aromatic nitrogens is 2. The highest BCUT2D eigenvalue weighted by atomic mass is 32.1. The number of anilines is 2. The molecule has 104 valence electrons. The Morgan fingerprint density at radius 3 is 2.79 bits per heavy atom. The number of fused-ring (bicyclic) bond motifs is 1. The maximum absolute atomic E-state index is 10.0. The molecule has 6 nitrogen and oxygen atoms in total. The van der Waals surface area contributed by atoms with Crippen molar-refractivity contribution < 1.29 is 5.11 Å². The van der Waals surface area contributed by atoms with Gasteiger partial charge < -0.3 is 10.0 Å². The smallest absolute Gasteiger partial charge is 0.240 e. The van der Waals surface area contributed by atoms with E-state index in [0.29, 0.717) is 12.5 Å². The van der Waals surface area contributed by atoms with E-state index in [-0.39, 0.29) is 0 Å². The number of likely N-dealkylation sites (N-methyl/N-ethyl adjacent to an activating group) is 1. The fourth-order valence-corrected chi connectivity index (χ4v) is 2.71. The Morgan fingerprint density at radius 1 is 1.47 bits per heavy atom. The van der Waals surface area contributed by atoms with Gasteiger partial charge in [0.2, 0.25) is 5.95 Å². The fourth-order valence-electron chi connectivity index (χ4n) is 1.95. The Hall–Kier alpha value is -1.44. The predicted octanol–water partition coefficient (Wildman–Crippen LogP) is 1.57. The molecule has 19 heavy (non-hydrogen) atoms. The van der Waals surface area contributed by atoms with Gasteiger partial charge in [-0.1, -0.05) is 0 Å². The third-order valence-electron chi connectivity index (χ3n) is 2.69. The summed E-state index contributed by atoms with van der Waals surface area (Å²) in [5, 5.41) is 13.0. The molecule has 2 aromatic heterocycles. The second-order valence-electron chi connectivity index (χ2n) is 4.98. The number of hydrogen-bond acceptors (Lipinski definition) is 7. The standard InChI is InChI=1S/C12H19N5OS/c1-4-17(7-12(2,3)18)9-8-5-6-19-10(8)15-11(14-9)16-13/h5-6,18H,4,7,13H2,1-3H3,(H,14,15,16). The molecule has 0 radical (unpaired) electrons. The summed E-state index contributed by atoms with van der Waals surface area (Å²) in [4.78, 5) is 11.6. The zero-order valence-corrected chi connectivity index (χ0v) is 12.2. The van der Waals surface area contributed by atoms with E-state index in [9.17, 15) is 5.11 Å². The van der Waals surface area contributed by atoms with Crippen LogP contribution in [0.2, 0.25) is 0 Å². The van der Waals surface area contributed by atoms with Crippen molar-refractivity contribution in [2.24, 2.45) is 5.84 Å². The van der Waals surface area contributed by atoms with Crippen molar-refractivity contribution in [3.05, 3.63) is 11.4 Å². The summed E-state index contributed by atoms with van der Waals surface area (Å²) in [5.41, 5.74) is 1.69. The number of aliphatic hydroxyl groups is 1. The first kappa shape index (κ1) is 14.0. The van der Waals surface area contributed by atoms with Gasteiger partial charge in [0.1, 0.15) is 10.6 Å². The third kappa shape index (κ3) is 3.12. The lowest BCUT2D eigenvalue weighted by atomic mass is 10.1. The van der Waals surface area contributed by atoms with Crippen LogP contribution in [-0.2, 0) is 0 Å². The van der Waals surface area contributed by atoms with E-state index in [4.69, 9.17) is 5.84 Å². The van der Waals surface area contributed by atoms with Crippen molar-refractivity contribution >= 4 is 33.3 Å². The molecule has 0 bridgehead atoms. The van der Waals surface area contributed by atoms with Crippen molar-refractivity contribution in [2.45, 2.75) is 26.4 Å². The van der Waals surface area contributed by atoms with E-state index in [1.54, 1.807) is 25.2 Å². The fraction of sp³-hybridized carbons (Fsp3) is 0.500. The minimum atomic E-state index is -0.792. The number of hydrazine groups is 1. The summed E-state index contributed by atoms with van der Waals surface area (Å²) < 4.78 is 0. The number of nitrogens with two attached hydrogens (primary N) is 1. The van der Waals surface area contributed by atoms with Gasteiger partial charge in [0.05, 0.1) is 11.0 Å². The van der Waals surface area contributed by atoms with Crippen LogP contribution in [0.25, 0.3) is 10.2 Å². The van der Waals surface area contributed by atoms with Gasteiger partial charge in [-0.3, -0.25) is 5.43 Å². The van der Waals surface area contributed by atoms with Gasteiger partial charge in [0.25, 0.3) is 0 Å². The molecule has 0 aromatic carbocycles. The molecule has 0 aliphatic carbocycles. The highest BCUT2D eigenvalue weighted by Gasteiger charge is 2.21. The van der Waals surface area contributed by atoms with Crippen LogP contribution >= 0.6 is 11.3 Å². The molecular weight excluding hydrogens is 262 g/mol. The molecule has 0 fully saturated rings. The molecule has 0 unspecified atom stereocenters. The van der Waals surface area contributed by atoms with Crippen LogP contribution in [0.4, 0.5) is 11.8 Å². The zero-order valence-electron chi connectivity index (χ0n) is 11.3. The Labute approximate surface area is 116 Å². The number of nitrogens with one attached hydrogen (secondary N) is 1. The average Bonchev–Trinajstić information content (AvgIpc) is 2.81. The molecule has 0 amide bonds. The van der Waals surface area contributed by atoms with Crippen LogP contribution in [0.1, 0.15) is 20.8 Å². The molecule has 0 aliphatic rings. The summed E-state index contributed by atoms with van der Waals surface area (Å²) in [6.07, 6.45) is 0. The normalized spacial score (nSPS) is 11.8. The maximum atomic E-state index is 10.0. The van der Waals surface area contributed by atoms with Crippen LogP contribution in [0, 0.1) is 0 Å². The molecule has 0 spiro atoms. The Kier molecular flexibility index (Phi) is 3.88. The van der Waals surface area contributed by atoms with E-state index in [0.717, 1.165) is 22.6 Å². The SMILES string of the molecule is CCN(CC(C)(C)O)c1nc(NN)nc2sccc12. The van der Waals surface area contributed by atoms with Crippen molar-refractivity contribution in [2.75, 3.05) is 23.4 Å². The number of hydrogen-bond donors (Lipinski definition) is 3. The van der Waals surface area contributed by atoms with E-state index in [1.165, 1.54) is 0 Å². The van der Waals surface area contributed by atoms with Gasteiger partial charge in [0.15, 0.2) is 0 Å². The van der Waals surface area contributed by atoms with Crippen LogP contribution < -0.4 is 16.2 Å². The van der Waals surface area contributed by atoms with Crippen LogP contribution in [0.3, 0.4) is 0 Å². The topological polar surface area (TPSA) is 87.3 Å². The van der Waals surface area contributed by atoms with Crippen molar-refractivity contribution in [1.82, 2.24) is 9.97 Å². The van der Waals surface area contributed by atoms with Crippen LogP contribution in [0.15, 0.2) is 11.4 Å². The second-order valence-corrected chi connectivity index (χ2v) is 5.88. The summed E-state index contributed by atoms with van der Waals surface area (Å²) in [6.45, 7) is 6.83. The molecule has 0 aliphatic heterocycles. The number of thiophene rings is 1. The molecule has 4 N–H and O–H groups in total. The van der Waals surface area contributed by atoms with Gasteiger partial charge in [-0.15, -0.1) is 11.3 Å². The zero-order chi connectivity index (χ0) is 14.0. The molecule has 2 rings (SSSR count). The van der Waals surface area contributed by atoms with Crippen molar-refractivity contribution in [1.29, 1.82) is 0 Å². The first-order valence-electron chi connectivity index (χ1n) is 6.14. The third-order valence-corrected chi connectivity index (χ3v) is 3.50. The van der Waals surface area contributed by atoms with E-state index in [2.05, 4.69) is 15.4 Å². The minimum Gasteiger partial charge on any atom is -0.389 e. The summed E-state index contributed by atoms with van der Waals surface area (Å²) in [5.74, 6) is 6.59. The highest BCUT2D eigenvalue weighted by Crippen LogP contribution is 2.29. The van der Waals surface area contributed by atoms with Crippen LogP contribution in [0.5, 0.6) is 0 Å². The lowest BCUT2D eigenvalue weighted by Gasteiger charge is -2.29. The van der Waals surface area contributed by atoms with Gasteiger partial charge in [-0.25, -0.2) is 10.8 Å². The second kappa shape index (κ2) is 5.28. The molecule has 0 saturated heterocycles. The molecule has 2 aromatic rings. The molecule has 0 saturated carbocycles. The first-order chi connectivity index (χ1) is 8.94. The van der Waals surface area contributed by atoms with E-state index in [1.807, 2.05) is 23.3 Å². The monoisotopic (exact) mass is 281 g/mol. The van der Waals surface area contributed by atoms with Gasteiger partial charge in [-0.05, 0) is 32.2 Å². The van der Waals surface area contributed by atoms with Crippen molar-refractivity contribution in [3.8, 4) is 0 Å². The lowest BCUT2D eigenvalue weighted by molar-refractivity contribution is 0.0875. The largest absolute Gasteiger partial charge is 0.389 e. The number of nitrogens with zero attached hydrogens (tertiary/aromatic N) is 3. The van der Waals surface area contributed by atoms with Crippen molar-refractivity contribution in [3.63, 3.8) is 0 Å². The Morgan fingerprint density at radius 2 is 2.21 bits per heavy atom. The molecule has 2 heterocycles. The molecule has 7 heteroatoms. The Bertz CT molecular complexity index is 563. The lowest BCUT2D eigenvalue weighted by Crippen LogP contribution is -2.39. The maximum Gasteiger partial charge on any atom is 0.240 e. The minimum absolute atomic E-state index is 0.388. The Balaban J connectivity index is 2.48. The van der Waals surface area contributed by atoms with Gasteiger partial charge in [-0.2, -0.15) is 4.98 Å². The van der Waals surface area contributed by atoms with Gasteiger partial charge >= 0.3 is 0 Å².